The van der Waals surface area contributed by atoms with Crippen LogP contribution in [0, 0.1) is 0 Å². The van der Waals surface area contributed by atoms with Gasteiger partial charge in [0.05, 0.1) is 0 Å². The minimum absolute atomic E-state index is 0. The Morgan fingerprint density at radius 2 is 1.95 bits per heavy atom. The summed E-state index contributed by atoms with van der Waals surface area (Å²) in [5.74, 6) is -0.501. The molecule has 1 aliphatic rings. The minimum Gasteiger partial charge on any atom is -0.406 e. The van der Waals surface area contributed by atoms with Crippen LogP contribution in [-0.2, 0) is 0 Å². The minimum atomic E-state index is -4.72. The van der Waals surface area contributed by atoms with E-state index in [1.807, 2.05) is 7.05 Å². The lowest BCUT2D eigenvalue weighted by Gasteiger charge is -2.32. The molecular weight excluding hydrogens is 321 g/mol. The third-order valence-electron chi connectivity index (χ3n) is 3.45. The summed E-state index contributed by atoms with van der Waals surface area (Å²) in [7, 11) is 1.85. The maximum absolute atomic E-state index is 12.3. The smallest absolute Gasteiger partial charge is 0.406 e. The molecule has 0 aliphatic carbocycles. The van der Waals surface area contributed by atoms with Crippen LogP contribution in [0.2, 0.25) is 0 Å². The van der Waals surface area contributed by atoms with Crippen LogP contribution in [0.25, 0.3) is 0 Å². The summed E-state index contributed by atoms with van der Waals surface area (Å²) >= 11 is 0. The predicted molar refractivity (Wildman–Crippen MR) is 78.4 cm³/mol. The van der Waals surface area contributed by atoms with E-state index in [9.17, 15) is 18.0 Å². The van der Waals surface area contributed by atoms with Gasteiger partial charge in [0.25, 0.3) is 5.91 Å². The van der Waals surface area contributed by atoms with Crippen molar-refractivity contribution in [3.8, 4) is 5.75 Å². The standard InChI is InChI=1S/C14H17F3N2O2.ClH/c1-18-11-3-2-8-19(9-11)13(20)10-4-6-12(7-5-10)21-14(15,16)17;/h4-7,11,18H,2-3,8-9H2,1H3;1H/t11-;/m0./s1. The van der Waals surface area contributed by atoms with Gasteiger partial charge in [0.1, 0.15) is 5.75 Å². The highest BCUT2D eigenvalue weighted by Gasteiger charge is 2.31. The van der Waals surface area contributed by atoms with Gasteiger partial charge in [-0.25, -0.2) is 0 Å². The van der Waals surface area contributed by atoms with Crippen LogP contribution in [0.5, 0.6) is 5.75 Å². The number of carbonyl (C=O) groups is 1. The van der Waals surface area contributed by atoms with Crippen LogP contribution in [0.1, 0.15) is 23.2 Å². The van der Waals surface area contributed by atoms with Crippen LogP contribution in [-0.4, -0.2) is 43.3 Å². The molecule has 1 aromatic carbocycles. The number of likely N-dealkylation sites (N-methyl/N-ethyl adjacent to an activating group) is 1. The molecule has 1 aromatic rings. The summed E-state index contributed by atoms with van der Waals surface area (Å²) in [5, 5.41) is 3.14. The van der Waals surface area contributed by atoms with E-state index in [-0.39, 0.29) is 30.1 Å². The van der Waals surface area contributed by atoms with E-state index in [0.29, 0.717) is 18.7 Å². The van der Waals surface area contributed by atoms with Crippen LogP contribution in [0.15, 0.2) is 24.3 Å². The average molecular weight is 339 g/mol. The van der Waals surface area contributed by atoms with Crippen molar-refractivity contribution in [2.45, 2.75) is 25.2 Å². The topological polar surface area (TPSA) is 41.6 Å². The normalized spacial score (nSPS) is 18.5. The highest BCUT2D eigenvalue weighted by atomic mass is 35.5. The van der Waals surface area contributed by atoms with Gasteiger partial charge in [-0.2, -0.15) is 0 Å². The number of likely N-dealkylation sites (tertiary alicyclic amines) is 1. The van der Waals surface area contributed by atoms with Crippen molar-refractivity contribution in [3.63, 3.8) is 0 Å². The van der Waals surface area contributed by atoms with Crippen molar-refractivity contribution >= 4 is 18.3 Å². The number of ether oxygens (including phenoxy) is 1. The molecule has 1 amide bonds. The summed E-state index contributed by atoms with van der Waals surface area (Å²) < 4.78 is 40.0. The van der Waals surface area contributed by atoms with Crippen LogP contribution in [0.4, 0.5) is 13.2 Å². The summed E-state index contributed by atoms with van der Waals surface area (Å²) in [6, 6.07) is 5.27. The highest BCUT2D eigenvalue weighted by Crippen LogP contribution is 2.23. The molecule has 1 saturated heterocycles. The predicted octanol–water partition coefficient (Wildman–Crippen LogP) is 2.83. The van der Waals surface area contributed by atoms with Crippen LogP contribution < -0.4 is 10.1 Å². The molecule has 0 unspecified atom stereocenters. The van der Waals surface area contributed by atoms with Gasteiger partial charge in [0, 0.05) is 24.7 Å². The lowest BCUT2D eigenvalue weighted by atomic mass is 10.0. The van der Waals surface area contributed by atoms with Crippen LogP contribution >= 0.6 is 12.4 Å². The summed E-state index contributed by atoms with van der Waals surface area (Å²) in [6.07, 6.45) is -2.80. The number of nitrogens with zero attached hydrogens (tertiary/aromatic N) is 1. The van der Waals surface area contributed by atoms with Crippen LogP contribution in [0.3, 0.4) is 0 Å². The Kier molecular flexibility index (Phi) is 6.49. The van der Waals surface area contributed by atoms with Gasteiger partial charge >= 0.3 is 6.36 Å². The fourth-order valence-corrected chi connectivity index (χ4v) is 2.38. The fourth-order valence-electron chi connectivity index (χ4n) is 2.38. The Morgan fingerprint density at radius 3 is 2.50 bits per heavy atom. The number of benzene rings is 1. The third kappa shape index (κ3) is 5.06. The SMILES string of the molecule is CN[C@H]1CCCN(C(=O)c2ccc(OC(F)(F)F)cc2)C1.Cl. The number of nitrogens with one attached hydrogen (secondary N) is 1. The Hall–Kier alpha value is -1.47. The molecule has 2 rings (SSSR count). The second kappa shape index (κ2) is 7.69. The zero-order chi connectivity index (χ0) is 15.5. The summed E-state index contributed by atoms with van der Waals surface area (Å²) in [5.41, 5.74) is 0.362. The maximum atomic E-state index is 12.3. The number of halogens is 4. The number of carbonyl (C=O) groups excluding carboxylic acids is 1. The largest absolute Gasteiger partial charge is 0.573 e. The van der Waals surface area contributed by atoms with Gasteiger partial charge in [-0.05, 0) is 44.2 Å². The Labute approximate surface area is 133 Å². The van der Waals surface area contributed by atoms with Gasteiger partial charge in [-0.1, -0.05) is 0 Å². The highest BCUT2D eigenvalue weighted by molar-refractivity contribution is 5.94. The molecule has 8 heteroatoms. The van der Waals surface area contributed by atoms with Crippen molar-refractivity contribution in [1.29, 1.82) is 0 Å². The molecule has 1 atom stereocenters. The quantitative estimate of drug-likeness (QED) is 0.921. The van der Waals surface area contributed by atoms with E-state index in [4.69, 9.17) is 0 Å². The van der Waals surface area contributed by atoms with E-state index in [1.54, 1.807) is 4.90 Å². The van der Waals surface area contributed by atoms with Crippen molar-refractivity contribution in [2.24, 2.45) is 0 Å². The Balaban J connectivity index is 0.00000242. The second-order valence-electron chi connectivity index (χ2n) is 4.95. The number of hydrogen-bond acceptors (Lipinski definition) is 3. The number of rotatable bonds is 3. The number of amides is 1. The summed E-state index contributed by atoms with van der Waals surface area (Å²) in [4.78, 5) is 14.0. The Morgan fingerprint density at radius 1 is 1.32 bits per heavy atom. The zero-order valence-corrected chi connectivity index (χ0v) is 12.8. The van der Waals surface area contributed by atoms with E-state index in [2.05, 4.69) is 10.1 Å². The fraction of sp³-hybridized carbons (Fsp3) is 0.500. The van der Waals surface area contributed by atoms with E-state index in [0.717, 1.165) is 25.0 Å². The molecular formula is C14H18ClF3N2O2. The van der Waals surface area contributed by atoms with Gasteiger partial charge < -0.3 is 15.0 Å². The van der Waals surface area contributed by atoms with E-state index >= 15 is 0 Å². The first-order valence-electron chi connectivity index (χ1n) is 6.71. The van der Waals surface area contributed by atoms with E-state index in [1.165, 1.54) is 12.1 Å². The monoisotopic (exact) mass is 338 g/mol. The molecule has 0 saturated carbocycles. The zero-order valence-electron chi connectivity index (χ0n) is 12.0. The van der Waals surface area contributed by atoms with Crippen molar-refractivity contribution < 1.29 is 22.7 Å². The first-order valence-corrected chi connectivity index (χ1v) is 6.71. The molecule has 22 heavy (non-hydrogen) atoms. The van der Waals surface area contributed by atoms with Crippen molar-refractivity contribution in [1.82, 2.24) is 10.2 Å². The molecule has 4 nitrogen and oxygen atoms in total. The van der Waals surface area contributed by atoms with Gasteiger partial charge in [-0.3, -0.25) is 4.79 Å². The molecule has 1 fully saturated rings. The van der Waals surface area contributed by atoms with Crippen molar-refractivity contribution in [3.05, 3.63) is 29.8 Å². The van der Waals surface area contributed by atoms with Gasteiger partial charge in [0.15, 0.2) is 0 Å². The van der Waals surface area contributed by atoms with E-state index < -0.39 is 6.36 Å². The molecule has 1 heterocycles. The molecule has 124 valence electrons. The molecule has 1 aliphatic heterocycles. The lowest BCUT2D eigenvalue weighted by Crippen LogP contribution is -2.46. The molecule has 1 N–H and O–H groups in total. The lowest BCUT2D eigenvalue weighted by molar-refractivity contribution is -0.274. The van der Waals surface area contributed by atoms with Crippen molar-refractivity contribution in [2.75, 3.05) is 20.1 Å². The number of hydrogen-bond donors (Lipinski definition) is 1. The summed E-state index contributed by atoms with van der Waals surface area (Å²) in [6.45, 7) is 1.27. The first kappa shape index (κ1) is 18.6. The first-order chi connectivity index (χ1) is 9.89. The number of alkyl halides is 3. The second-order valence-corrected chi connectivity index (χ2v) is 4.95. The maximum Gasteiger partial charge on any atom is 0.573 e. The number of piperidine rings is 1. The molecule has 0 radical (unpaired) electrons. The van der Waals surface area contributed by atoms with Gasteiger partial charge in [-0.15, -0.1) is 25.6 Å². The average Bonchev–Trinajstić information content (AvgIpc) is 2.46. The molecule has 0 spiro atoms. The molecule has 0 aromatic heterocycles. The molecule has 0 bridgehead atoms. The Bertz CT molecular complexity index is 494. The third-order valence-corrected chi connectivity index (χ3v) is 3.45. The van der Waals surface area contributed by atoms with Gasteiger partial charge in [0.2, 0.25) is 0 Å².